The van der Waals surface area contributed by atoms with Crippen molar-refractivity contribution >= 4 is 86.5 Å². The summed E-state index contributed by atoms with van der Waals surface area (Å²) in [6, 6.07) is 0. The molecule has 0 aromatic heterocycles. The number of hydrogen-bond acceptors (Lipinski definition) is 6. The molecule has 0 spiro atoms. The molecule has 0 aliphatic heterocycles. The first-order valence-corrected chi connectivity index (χ1v) is 5.45. The average Bonchev–Trinajstić information content (AvgIpc) is 1.96. The number of rotatable bonds is 6. The van der Waals surface area contributed by atoms with Crippen molar-refractivity contribution in [2.24, 2.45) is 0 Å². The van der Waals surface area contributed by atoms with Crippen molar-refractivity contribution in [2.75, 3.05) is 0 Å². The van der Waals surface area contributed by atoms with Gasteiger partial charge in [-0.3, -0.25) is 19.4 Å². The Bertz CT molecular complexity index is 409. The molecule has 5 N–H and O–H groups in total. The SMILES string of the molecule is O=C(O)CC(O)(CC(=O)OP(=O)(O)O)C(=O)O.[Ca+2].[H-].[H-].[H-].[H-].[Mg+2]. The molecule has 0 aliphatic rings. The van der Waals surface area contributed by atoms with Gasteiger partial charge in [-0.2, -0.15) is 0 Å². The predicted octanol–water partition coefficient (Wildman–Crippen LogP) is -2.01. The molecule has 0 bridgehead atoms. The number of carboxylic acids is 2. The molecule has 0 amide bonds. The van der Waals surface area contributed by atoms with E-state index in [1.165, 1.54) is 0 Å². The molecule has 0 aromatic carbocycles. The summed E-state index contributed by atoms with van der Waals surface area (Å²) in [4.78, 5) is 48.1. The molecular weight excluding hydrogens is 327 g/mol. The van der Waals surface area contributed by atoms with E-state index in [1.807, 2.05) is 0 Å². The maximum atomic E-state index is 10.8. The molecule has 0 aliphatic carbocycles. The van der Waals surface area contributed by atoms with Crippen molar-refractivity contribution in [1.29, 1.82) is 0 Å². The number of hydrogen-bond donors (Lipinski definition) is 5. The number of aliphatic hydroxyl groups is 1. The minimum atomic E-state index is -5.17. The van der Waals surface area contributed by atoms with Crippen LogP contribution in [0.2, 0.25) is 0 Å². The Labute approximate surface area is 158 Å². The van der Waals surface area contributed by atoms with Gasteiger partial charge in [0.1, 0.15) is 0 Å². The van der Waals surface area contributed by atoms with E-state index in [-0.39, 0.29) is 66.5 Å². The van der Waals surface area contributed by atoms with Gasteiger partial charge in [0, 0.05) is 0 Å². The van der Waals surface area contributed by atoms with Gasteiger partial charge in [0.25, 0.3) is 0 Å². The maximum absolute atomic E-state index is 10.8. The normalized spacial score (nSPS) is 13.2. The summed E-state index contributed by atoms with van der Waals surface area (Å²) in [7, 11) is -5.17. The van der Waals surface area contributed by atoms with E-state index in [9.17, 15) is 24.1 Å². The van der Waals surface area contributed by atoms with E-state index >= 15 is 0 Å². The third kappa shape index (κ3) is 10.9. The second kappa shape index (κ2) is 9.48. The molecule has 1 atom stereocenters. The number of carbonyl (C=O) groups is 3. The fourth-order valence-electron chi connectivity index (χ4n) is 0.868. The Balaban J connectivity index is -0.0000000853. The Kier molecular flexibility index (Phi) is 12.2. The first-order chi connectivity index (χ1) is 7.46. The molecule has 0 heterocycles. The van der Waals surface area contributed by atoms with Gasteiger partial charge in [0.2, 0.25) is 0 Å². The monoisotopic (exact) mass is 340 g/mol. The zero-order chi connectivity index (χ0) is 13.9. The molecule has 106 valence electrons. The van der Waals surface area contributed by atoms with Crippen LogP contribution in [0.15, 0.2) is 0 Å². The van der Waals surface area contributed by atoms with Gasteiger partial charge in [0.15, 0.2) is 5.60 Å². The molecular formula is C6H13CaMgO10P. The first-order valence-electron chi connectivity index (χ1n) is 3.92. The first kappa shape index (κ1) is 24.6. The number of carboxylic acid groups (broad SMARTS) is 2. The van der Waals surface area contributed by atoms with E-state index in [2.05, 4.69) is 4.52 Å². The Morgan fingerprint density at radius 3 is 1.84 bits per heavy atom. The number of phosphoric ester groups is 1. The van der Waals surface area contributed by atoms with Crippen LogP contribution in [-0.4, -0.2) is 109 Å². The van der Waals surface area contributed by atoms with Gasteiger partial charge >= 0.3 is 86.5 Å². The van der Waals surface area contributed by atoms with Crippen LogP contribution in [0.5, 0.6) is 0 Å². The molecule has 19 heavy (non-hydrogen) atoms. The van der Waals surface area contributed by atoms with Crippen molar-refractivity contribution in [3.63, 3.8) is 0 Å². The molecule has 0 aromatic rings. The minimum Gasteiger partial charge on any atom is -1.00 e. The molecule has 0 rings (SSSR count). The maximum Gasteiger partial charge on any atom is 2.00 e. The summed E-state index contributed by atoms with van der Waals surface area (Å²) in [5.41, 5.74) is -2.99. The van der Waals surface area contributed by atoms with Crippen molar-refractivity contribution < 1.29 is 54.3 Å². The average molecular weight is 341 g/mol. The summed E-state index contributed by atoms with van der Waals surface area (Å²) in [5, 5.41) is 26.1. The molecule has 0 radical (unpaired) electrons. The molecule has 0 fully saturated rings. The zero-order valence-corrected chi connectivity index (χ0v) is 14.1. The zero-order valence-electron chi connectivity index (χ0n) is 13.6. The Hall–Kier alpha value is 0.546. The van der Waals surface area contributed by atoms with Gasteiger partial charge in [-0.15, -0.1) is 0 Å². The topological polar surface area (TPSA) is 179 Å². The van der Waals surface area contributed by atoms with E-state index in [1.54, 1.807) is 0 Å². The van der Waals surface area contributed by atoms with Crippen LogP contribution < -0.4 is 0 Å². The summed E-state index contributed by atoms with van der Waals surface area (Å²) in [6.07, 6.45) is -2.72. The van der Waals surface area contributed by atoms with Gasteiger partial charge in [0.05, 0.1) is 12.8 Å². The van der Waals surface area contributed by atoms with Crippen molar-refractivity contribution in [1.82, 2.24) is 0 Å². The molecule has 13 heteroatoms. The summed E-state index contributed by atoms with van der Waals surface area (Å²) < 4.78 is 13.7. The van der Waals surface area contributed by atoms with Crippen LogP contribution in [0.1, 0.15) is 18.5 Å². The second-order valence-electron chi connectivity index (χ2n) is 3.04. The number of aliphatic carboxylic acids is 2. The smallest absolute Gasteiger partial charge is 1.00 e. The Morgan fingerprint density at radius 1 is 1.16 bits per heavy atom. The molecule has 1 unspecified atom stereocenters. The molecule has 0 saturated heterocycles. The van der Waals surface area contributed by atoms with E-state index in [0.717, 1.165) is 0 Å². The van der Waals surface area contributed by atoms with Crippen LogP contribution in [0.3, 0.4) is 0 Å². The standard InChI is InChI=1S/C6H9O10P.Ca.Mg.4H/c7-3(8)1-6(12,5(10)11)2-4(9)16-17(13,14)15;;;;;;/h12H,1-2H2,(H,7,8)(H,10,11)(H2,13,14,15);;;;;;/q;2*+2;4*-1. The van der Waals surface area contributed by atoms with E-state index < -0.39 is 44.2 Å². The third-order valence-corrected chi connectivity index (χ3v) is 1.94. The third-order valence-electron chi connectivity index (χ3n) is 1.50. The predicted molar refractivity (Wildman–Crippen MR) is 63.5 cm³/mol. The van der Waals surface area contributed by atoms with Gasteiger partial charge in [-0.05, 0) is 0 Å². The fourth-order valence-corrected chi connectivity index (χ4v) is 1.20. The van der Waals surface area contributed by atoms with Crippen molar-refractivity contribution in [3.05, 3.63) is 0 Å². The van der Waals surface area contributed by atoms with E-state index in [4.69, 9.17) is 20.0 Å². The summed E-state index contributed by atoms with van der Waals surface area (Å²) >= 11 is 0. The molecule has 0 saturated carbocycles. The largest absolute Gasteiger partial charge is 2.00 e. The quantitative estimate of drug-likeness (QED) is 0.268. The van der Waals surface area contributed by atoms with Gasteiger partial charge < -0.3 is 25.5 Å². The van der Waals surface area contributed by atoms with Gasteiger partial charge in [-0.25, -0.2) is 9.36 Å². The molecule has 10 nitrogen and oxygen atoms in total. The van der Waals surface area contributed by atoms with Crippen LogP contribution in [0.25, 0.3) is 0 Å². The van der Waals surface area contributed by atoms with Crippen LogP contribution in [-0.2, 0) is 23.5 Å². The number of phosphoric acid groups is 1. The number of carbonyl (C=O) groups excluding carboxylic acids is 1. The Morgan fingerprint density at radius 2 is 1.58 bits per heavy atom. The second-order valence-corrected chi connectivity index (χ2v) is 4.20. The summed E-state index contributed by atoms with van der Waals surface area (Å²) in [5.74, 6) is -5.47. The van der Waals surface area contributed by atoms with Gasteiger partial charge in [-0.1, -0.05) is 0 Å². The van der Waals surface area contributed by atoms with Crippen LogP contribution in [0, 0.1) is 0 Å². The summed E-state index contributed by atoms with van der Waals surface area (Å²) in [6.45, 7) is 0. The van der Waals surface area contributed by atoms with E-state index in [0.29, 0.717) is 0 Å². The minimum absolute atomic E-state index is 0. The van der Waals surface area contributed by atoms with Crippen molar-refractivity contribution in [3.8, 4) is 0 Å². The fraction of sp³-hybridized carbons (Fsp3) is 0.500. The van der Waals surface area contributed by atoms with Crippen LogP contribution in [0.4, 0.5) is 0 Å². The van der Waals surface area contributed by atoms with Crippen molar-refractivity contribution in [2.45, 2.75) is 18.4 Å². The van der Waals surface area contributed by atoms with Crippen LogP contribution >= 0.6 is 7.82 Å².